The maximum Gasteiger partial charge on any atom is 0.191 e. The topological polar surface area (TPSA) is 41.6 Å². The highest BCUT2D eigenvalue weighted by Crippen LogP contribution is 2.24. The van der Waals surface area contributed by atoms with Crippen LogP contribution in [-0.4, -0.2) is 30.5 Å². The van der Waals surface area contributed by atoms with Crippen molar-refractivity contribution in [1.29, 1.82) is 0 Å². The molecular weight excluding hydrogens is 246 g/mol. The molecule has 0 aliphatic heterocycles. The third-order valence-corrected chi connectivity index (χ3v) is 4.00. The van der Waals surface area contributed by atoms with E-state index in [1.807, 2.05) is 7.05 Å². The molecule has 0 spiro atoms. The first kappa shape index (κ1) is 14.9. The summed E-state index contributed by atoms with van der Waals surface area (Å²) < 4.78 is 0. The van der Waals surface area contributed by atoms with Crippen molar-refractivity contribution in [3.05, 3.63) is 35.4 Å². The van der Waals surface area contributed by atoms with Crippen LogP contribution in [0.1, 0.15) is 50.2 Å². The first-order chi connectivity index (χ1) is 9.58. The molecule has 2 N–H and O–H groups in total. The minimum atomic E-state index is 0.603. The number of aliphatic imine (C=N–C) groups is 1. The molecule has 1 saturated carbocycles. The molecule has 2 rings (SSSR count). The van der Waals surface area contributed by atoms with Crippen molar-refractivity contribution in [2.24, 2.45) is 10.7 Å². The fourth-order valence-electron chi connectivity index (χ4n) is 2.31. The minimum Gasteiger partial charge on any atom is -0.370 e. The van der Waals surface area contributed by atoms with Gasteiger partial charge in [-0.3, -0.25) is 4.99 Å². The smallest absolute Gasteiger partial charge is 0.191 e. The molecule has 0 saturated heterocycles. The molecule has 0 radical (unpaired) electrons. The fraction of sp³-hybridized carbons (Fsp3) is 0.588. The van der Waals surface area contributed by atoms with E-state index in [2.05, 4.69) is 48.0 Å². The van der Waals surface area contributed by atoms with E-state index < -0.39 is 0 Å². The standard InChI is InChI=1S/C17H27N3/c1-13(2)15-8-6-14(7-9-15)5-4-12-19-17(18)20(3)16-10-11-16/h6-9,13,16H,4-5,10-12H2,1-3H3,(H2,18,19). The number of hydrogen-bond acceptors (Lipinski definition) is 1. The van der Waals surface area contributed by atoms with E-state index in [4.69, 9.17) is 5.73 Å². The average molecular weight is 273 g/mol. The number of rotatable bonds is 6. The quantitative estimate of drug-likeness (QED) is 0.491. The van der Waals surface area contributed by atoms with Gasteiger partial charge in [-0.2, -0.15) is 0 Å². The average Bonchev–Trinajstić information content (AvgIpc) is 3.27. The van der Waals surface area contributed by atoms with E-state index in [1.165, 1.54) is 24.0 Å². The number of guanidine groups is 1. The second-order valence-corrected chi connectivity index (χ2v) is 6.08. The highest BCUT2D eigenvalue weighted by molar-refractivity contribution is 5.78. The van der Waals surface area contributed by atoms with Gasteiger partial charge in [0.1, 0.15) is 0 Å². The van der Waals surface area contributed by atoms with Gasteiger partial charge in [-0.15, -0.1) is 0 Å². The molecule has 0 bridgehead atoms. The van der Waals surface area contributed by atoms with E-state index >= 15 is 0 Å². The Balaban J connectivity index is 1.73. The van der Waals surface area contributed by atoms with Crippen LogP contribution in [0, 0.1) is 0 Å². The van der Waals surface area contributed by atoms with Gasteiger partial charge in [0.2, 0.25) is 0 Å². The van der Waals surface area contributed by atoms with Crippen LogP contribution in [0.4, 0.5) is 0 Å². The number of aryl methyl sites for hydroxylation is 1. The molecular formula is C17H27N3. The molecule has 1 aromatic rings. The molecule has 0 heterocycles. The minimum absolute atomic E-state index is 0.603. The van der Waals surface area contributed by atoms with Crippen molar-refractivity contribution in [1.82, 2.24) is 4.90 Å². The van der Waals surface area contributed by atoms with E-state index in [9.17, 15) is 0 Å². The van der Waals surface area contributed by atoms with Crippen LogP contribution in [0.5, 0.6) is 0 Å². The summed E-state index contributed by atoms with van der Waals surface area (Å²) in [5, 5.41) is 0. The molecule has 1 fully saturated rings. The first-order valence-corrected chi connectivity index (χ1v) is 7.69. The third kappa shape index (κ3) is 4.26. The van der Waals surface area contributed by atoms with Gasteiger partial charge in [-0.25, -0.2) is 0 Å². The van der Waals surface area contributed by atoms with Crippen molar-refractivity contribution in [3.8, 4) is 0 Å². The number of nitrogens with two attached hydrogens (primary N) is 1. The molecule has 3 nitrogen and oxygen atoms in total. The molecule has 110 valence electrons. The molecule has 1 aliphatic carbocycles. The predicted octanol–water partition coefficient (Wildman–Crippen LogP) is 3.15. The second-order valence-electron chi connectivity index (χ2n) is 6.08. The maximum absolute atomic E-state index is 5.97. The van der Waals surface area contributed by atoms with Crippen molar-refractivity contribution < 1.29 is 0 Å². The van der Waals surface area contributed by atoms with Crippen LogP contribution in [-0.2, 0) is 6.42 Å². The monoisotopic (exact) mass is 273 g/mol. The maximum atomic E-state index is 5.97. The van der Waals surface area contributed by atoms with Crippen molar-refractivity contribution >= 4 is 5.96 Å². The normalized spacial score (nSPS) is 15.7. The number of benzene rings is 1. The van der Waals surface area contributed by atoms with E-state index in [0.29, 0.717) is 17.9 Å². The zero-order valence-corrected chi connectivity index (χ0v) is 13.0. The lowest BCUT2D eigenvalue weighted by atomic mass is 10.0. The highest BCUT2D eigenvalue weighted by Gasteiger charge is 2.27. The van der Waals surface area contributed by atoms with Crippen molar-refractivity contribution in [3.63, 3.8) is 0 Å². The summed E-state index contributed by atoms with van der Waals surface area (Å²) in [6.07, 6.45) is 4.65. The Labute approximate surface area is 122 Å². The van der Waals surface area contributed by atoms with Gasteiger partial charge in [-0.05, 0) is 42.7 Å². The van der Waals surface area contributed by atoms with Gasteiger partial charge in [0.25, 0.3) is 0 Å². The van der Waals surface area contributed by atoms with Crippen molar-refractivity contribution in [2.45, 2.75) is 51.5 Å². The summed E-state index contributed by atoms with van der Waals surface area (Å²) in [4.78, 5) is 6.58. The third-order valence-electron chi connectivity index (χ3n) is 4.00. The van der Waals surface area contributed by atoms with Crippen LogP contribution in [0.25, 0.3) is 0 Å². The summed E-state index contributed by atoms with van der Waals surface area (Å²) in [5.74, 6) is 1.30. The Kier molecular flexibility index (Phi) is 5.05. The van der Waals surface area contributed by atoms with Crippen LogP contribution in [0.3, 0.4) is 0 Å². The molecule has 0 aromatic heterocycles. The molecule has 1 aromatic carbocycles. The Bertz CT molecular complexity index is 444. The lowest BCUT2D eigenvalue weighted by molar-refractivity contribution is 0.487. The van der Waals surface area contributed by atoms with E-state index in [0.717, 1.165) is 19.4 Å². The van der Waals surface area contributed by atoms with E-state index in [-0.39, 0.29) is 0 Å². The van der Waals surface area contributed by atoms with Gasteiger partial charge in [0.15, 0.2) is 5.96 Å². The van der Waals surface area contributed by atoms with Gasteiger partial charge >= 0.3 is 0 Å². The first-order valence-electron chi connectivity index (χ1n) is 7.69. The molecule has 0 atom stereocenters. The van der Waals surface area contributed by atoms with Crippen LogP contribution in [0.15, 0.2) is 29.3 Å². The van der Waals surface area contributed by atoms with E-state index in [1.54, 1.807) is 0 Å². The van der Waals surface area contributed by atoms with Crippen molar-refractivity contribution in [2.75, 3.05) is 13.6 Å². The second kappa shape index (κ2) is 6.78. The van der Waals surface area contributed by atoms with Crippen LogP contribution >= 0.6 is 0 Å². The summed E-state index contributed by atoms with van der Waals surface area (Å²) in [6.45, 7) is 5.26. The number of nitrogens with zero attached hydrogens (tertiary/aromatic N) is 2. The van der Waals surface area contributed by atoms with Crippen LogP contribution in [0.2, 0.25) is 0 Å². The molecule has 0 unspecified atom stereocenters. The van der Waals surface area contributed by atoms with Crippen LogP contribution < -0.4 is 5.73 Å². The summed E-state index contributed by atoms with van der Waals surface area (Å²) >= 11 is 0. The molecule has 20 heavy (non-hydrogen) atoms. The van der Waals surface area contributed by atoms with Gasteiger partial charge < -0.3 is 10.6 Å². The summed E-state index contributed by atoms with van der Waals surface area (Å²) in [7, 11) is 2.04. The van der Waals surface area contributed by atoms with Gasteiger partial charge in [-0.1, -0.05) is 38.1 Å². The SMILES string of the molecule is CC(C)c1ccc(CCCN=C(N)N(C)C2CC2)cc1. The zero-order chi connectivity index (χ0) is 14.5. The van der Waals surface area contributed by atoms with Gasteiger partial charge in [0, 0.05) is 19.6 Å². The lowest BCUT2D eigenvalue weighted by Crippen LogP contribution is -2.35. The number of hydrogen-bond donors (Lipinski definition) is 1. The summed E-state index contributed by atoms with van der Waals surface area (Å²) in [6, 6.07) is 9.58. The molecule has 0 amide bonds. The fourth-order valence-corrected chi connectivity index (χ4v) is 2.31. The highest BCUT2D eigenvalue weighted by atomic mass is 15.3. The Morgan fingerprint density at radius 3 is 2.50 bits per heavy atom. The predicted molar refractivity (Wildman–Crippen MR) is 86.1 cm³/mol. The molecule has 1 aliphatic rings. The Morgan fingerprint density at radius 2 is 1.95 bits per heavy atom. The Hall–Kier alpha value is -1.51. The van der Waals surface area contributed by atoms with Gasteiger partial charge in [0.05, 0.1) is 0 Å². The largest absolute Gasteiger partial charge is 0.370 e. The molecule has 3 heteroatoms. The summed E-state index contributed by atoms with van der Waals surface area (Å²) in [5.41, 5.74) is 8.76. The lowest BCUT2D eigenvalue weighted by Gasteiger charge is -2.16. The Morgan fingerprint density at radius 1 is 1.30 bits per heavy atom. The zero-order valence-electron chi connectivity index (χ0n) is 13.0.